The van der Waals surface area contributed by atoms with Gasteiger partial charge in [-0.05, 0) is 29.8 Å². The van der Waals surface area contributed by atoms with Gasteiger partial charge in [-0.1, -0.05) is 12.1 Å². The molecule has 8 nitrogen and oxygen atoms in total. The Bertz CT molecular complexity index is 977. The van der Waals surface area contributed by atoms with Gasteiger partial charge in [0, 0.05) is 30.7 Å². The number of ether oxygens (including phenoxy) is 3. The predicted octanol–water partition coefficient (Wildman–Crippen LogP) is 3.18. The van der Waals surface area contributed by atoms with Gasteiger partial charge in [0.2, 0.25) is 5.95 Å². The number of benzene rings is 2. The van der Waals surface area contributed by atoms with Gasteiger partial charge in [-0.15, -0.1) is 0 Å². The van der Waals surface area contributed by atoms with Crippen molar-refractivity contribution in [3.8, 4) is 17.2 Å². The van der Waals surface area contributed by atoms with Crippen molar-refractivity contribution >= 4 is 17.5 Å². The van der Waals surface area contributed by atoms with E-state index >= 15 is 0 Å². The summed E-state index contributed by atoms with van der Waals surface area (Å²) < 4.78 is 15.7. The minimum atomic E-state index is -0.271. The second-order valence-electron chi connectivity index (χ2n) is 6.02. The topological polar surface area (TPSA) is 94.6 Å². The van der Waals surface area contributed by atoms with Crippen LogP contribution in [0.25, 0.3) is 0 Å². The maximum absolute atomic E-state index is 12.4. The first kappa shape index (κ1) is 19.9. The first-order valence-corrected chi connectivity index (χ1v) is 8.85. The first-order valence-electron chi connectivity index (χ1n) is 8.85. The Hall–Kier alpha value is -3.81. The summed E-state index contributed by atoms with van der Waals surface area (Å²) in [4.78, 5) is 20.8. The van der Waals surface area contributed by atoms with E-state index in [-0.39, 0.29) is 5.91 Å². The molecule has 8 heteroatoms. The Labute approximate surface area is 168 Å². The fourth-order valence-electron chi connectivity index (χ4n) is 2.61. The Morgan fingerprint density at radius 2 is 1.69 bits per heavy atom. The highest BCUT2D eigenvalue weighted by Crippen LogP contribution is 2.27. The van der Waals surface area contributed by atoms with Crippen LogP contribution in [0.3, 0.4) is 0 Å². The zero-order chi connectivity index (χ0) is 20.6. The summed E-state index contributed by atoms with van der Waals surface area (Å²) in [6.45, 7) is 0.336. The second-order valence-corrected chi connectivity index (χ2v) is 6.02. The van der Waals surface area contributed by atoms with E-state index in [1.54, 1.807) is 27.4 Å². The molecular formula is C21H22N4O4. The Morgan fingerprint density at radius 3 is 2.38 bits per heavy atom. The molecule has 0 fully saturated rings. The van der Waals surface area contributed by atoms with Crippen LogP contribution >= 0.6 is 0 Å². The number of rotatable bonds is 8. The maximum Gasteiger partial charge on any atom is 0.254 e. The van der Waals surface area contributed by atoms with Gasteiger partial charge in [0.1, 0.15) is 5.75 Å². The van der Waals surface area contributed by atoms with Gasteiger partial charge in [-0.2, -0.15) is 0 Å². The molecule has 0 unspecified atom stereocenters. The van der Waals surface area contributed by atoms with E-state index in [1.807, 2.05) is 36.4 Å². The van der Waals surface area contributed by atoms with Crippen LogP contribution in [0.4, 0.5) is 11.6 Å². The molecule has 0 radical (unpaired) electrons. The number of methoxy groups -OCH3 is 3. The first-order chi connectivity index (χ1) is 14.1. The van der Waals surface area contributed by atoms with Crippen LogP contribution in [0.2, 0.25) is 0 Å². The van der Waals surface area contributed by atoms with Crippen LogP contribution < -0.4 is 24.8 Å². The lowest BCUT2D eigenvalue weighted by Crippen LogP contribution is -2.23. The molecule has 1 amide bonds. The molecule has 3 rings (SSSR count). The normalized spacial score (nSPS) is 10.2. The highest BCUT2D eigenvalue weighted by Gasteiger charge is 2.09. The number of aromatic nitrogens is 2. The highest BCUT2D eigenvalue weighted by molar-refractivity contribution is 5.93. The molecule has 0 aliphatic rings. The third-order valence-electron chi connectivity index (χ3n) is 4.14. The van der Waals surface area contributed by atoms with Crippen LogP contribution in [0, 0.1) is 0 Å². The molecule has 0 bridgehead atoms. The van der Waals surface area contributed by atoms with Crippen LogP contribution in [-0.4, -0.2) is 37.2 Å². The summed E-state index contributed by atoms with van der Waals surface area (Å²) in [7, 11) is 4.75. The third-order valence-corrected chi connectivity index (χ3v) is 4.14. The van der Waals surface area contributed by atoms with Crippen molar-refractivity contribution in [1.29, 1.82) is 0 Å². The summed E-state index contributed by atoms with van der Waals surface area (Å²) in [5.41, 5.74) is 2.03. The van der Waals surface area contributed by atoms with Gasteiger partial charge in [-0.3, -0.25) is 4.79 Å². The zero-order valence-corrected chi connectivity index (χ0v) is 16.4. The number of nitrogens with zero attached hydrogens (tertiary/aromatic N) is 2. The molecular weight excluding hydrogens is 372 g/mol. The molecule has 0 atom stereocenters. The van der Waals surface area contributed by atoms with Crippen molar-refractivity contribution in [2.75, 3.05) is 26.6 Å². The molecule has 1 heterocycles. The summed E-state index contributed by atoms with van der Waals surface area (Å²) in [5, 5.41) is 5.90. The fraction of sp³-hybridized carbons (Fsp3) is 0.190. The lowest BCUT2D eigenvalue weighted by molar-refractivity contribution is 0.0950. The molecule has 3 aromatic rings. The molecule has 1 aromatic heterocycles. The maximum atomic E-state index is 12.4. The Kier molecular flexibility index (Phi) is 6.47. The minimum Gasteiger partial charge on any atom is -0.497 e. The number of anilines is 2. The van der Waals surface area contributed by atoms with Gasteiger partial charge in [-0.25, -0.2) is 9.97 Å². The minimum absolute atomic E-state index is 0.271. The van der Waals surface area contributed by atoms with Crippen LogP contribution in [0.5, 0.6) is 17.2 Å². The summed E-state index contributed by atoms with van der Waals surface area (Å²) in [6, 6.07) is 12.9. The lowest BCUT2D eigenvalue weighted by atomic mass is 10.2. The molecule has 150 valence electrons. The van der Waals surface area contributed by atoms with Crippen molar-refractivity contribution in [2.24, 2.45) is 0 Å². The van der Waals surface area contributed by atoms with Gasteiger partial charge >= 0.3 is 0 Å². The van der Waals surface area contributed by atoms with E-state index in [4.69, 9.17) is 14.2 Å². The van der Waals surface area contributed by atoms with Crippen LogP contribution in [-0.2, 0) is 6.54 Å². The van der Waals surface area contributed by atoms with Crippen molar-refractivity contribution in [3.05, 3.63) is 66.0 Å². The van der Waals surface area contributed by atoms with Gasteiger partial charge in [0.15, 0.2) is 11.5 Å². The molecule has 0 spiro atoms. The molecule has 29 heavy (non-hydrogen) atoms. The second kappa shape index (κ2) is 9.41. The molecule has 2 N–H and O–H groups in total. The van der Waals surface area contributed by atoms with Crippen molar-refractivity contribution < 1.29 is 19.0 Å². The van der Waals surface area contributed by atoms with E-state index in [0.29, 0.717) is 29.6 Å². The number of hydrogen-bond acceptors (Lipinski definition) is 7. The van der Waals surface area contributed by atoms with Crippen LogP contribution in [0.15, 0.2) is 54.9 Å². The van der Waals surface area contributed by atoms with E-state index in [1.165, 1.54) is 12.4 Å². The summed E-state index contributed by atoms with van der Waals surface area (Å²) >= 11 is 0. The molecule has 0 aliphatic carbocycles. The molecule has 2 aromatic carbocycles. The lowest BCUT2D eigenvalue weighted by Gasteiger charge is -2.10. The number of amides is 1. The zero-order valence-electron chi connectivity index (χ0n) is 16.4. The smallest absolute Gasteiger partial charge is 0.254 e. The summed E-state index contributed by atoms with van der Waals surface area (Å²) in [6.07, 6.45) is 2.94. The van der Waals surface area contributed by atoms with Crippen molar-refractivity contribution in [3.63, 3.8) is 0 Å². The van der Waals surface area contributed by atoms with Crippen molar-refractivity contribution in [1.82, 2.24) is 15.3 Å². The number of carbonyl (C=O) groups excluding carboxylic acids is 1. The van der Waals surface area contributed by atoms with Crippen LogP contribution in [0.1, 0.15) is 15.9 Å². The SMILES string of the molecule is COc1cccc(Nc2ncc(C(=O)NCc3ccc(OC)c(OC)c3)cn2)c1. The average Bonchev–Trinajstić information content (AvgIpc) is 2.77. The quantitative estimate of drug-likeness (QED) is 0.606. The monoisotopic (exact) mass is 394 g/mol. The molecule has 0 aliphatic heterocycles. The number of hydrogen-bond donors (Lipinski definition) is 2. The Balaban J connectivity index is 1.60. The van der Waals surface area contributed by atoms with Gasteiger partial charge in [0.25, 0.3) is 5.91 Å². The molecule has 0 saturated heterocycles. The number of nitrogens with one attached hydrogen (secondary N) is 2. The Morgan fingerprint density at radius 1 is 0.931 bits per heavy atom. The highest BCUT2D eigenvalue weighted by atomic mass is 16.5. The van der Waals surface area contributed by atoms with Gasteiger partial charge < -0.3 is 24.8 Å². The largest absolute Gasteiger partial charge is 0.497 e. The standard InChI is InChI=1S/C21H22N4O4/c1-27-17-6-4-5-16(10-17)25-21-23-12-15(13-24-21)20(26)22-11-14-7-8-18(28-2)19(9-14)29-3/h4-10,12-13H,11H2,1-3H3,(H,22,26)(H,23,24,25). The third kappa shape index (κ3) is 5.13. The fourth-order valence-corrected chi connectivity index (χ4v) is 2.61. The van der Waals surface area contributed by atoms with Crippen molar-refractivity contribution in [2.45, 2.75) is 6.54 Å². The molecule has 0 saturated carbocycles. The predicted molar refractivity (Wildman–Crippen MR) is 109 cm³/mol. The van der Waals surface area contributed by atoms with E-state index < -0.39 is 0 Å². The van der Waals surface area contributed by atoms with Gasteiger partial charge in [0.05, 0.1) is 26.9 Å². The summed E-state index contributed by atoms with van der Waals surface area (Å²) in [5.74, 6) is 2.08. The van der Waals surface area contributed by atoms with E-state index in [9.17, 15) is 4.79 Å². The number of carbonyl (C=O) groups is 1. The van der Waals surface area contributed by atoms with E-state index in [0.717, 1.165) is 17.0 Å². The average molecular weight is 394 g/mol. The van der Waals surface area contributed by atoms with E-state index in [2.05, 4.69) is 20.6 Å².